The molecular formula is C18H12ClN5O3. The lowest BCUT2D eigenvalue weighted by atomic mass is 10.1. The molecule has 0 atom stereocenters. The number of nitrogens with one attached hydrogen (secondary N) is 2. The lowest BCUT2D eigenvalue weighted by Crippen LogP contribution is -2.14. The Bertz CT molecular complexity index is 1310. The molecule has 0 unspecified atom stereocenters. The molecule has 0 aliphatic rings. The number of benzene rings is 2. The van der Waals surface area contributed by atoms with Gasteiger partial charge < -0.3 is 15.1 Å². The molecule has 27 heavy (non-hydrogen) atoms. The highest BCUT2D eigenvalue weighted by Gasteiger charge is 2.15. The van der Waals surface area contributed by atoms with Crippen LogP contribution in [0.15, 0.2) is 51.4 Å². The van der Waals surface area contributed by atoms with Gasteiger partial charge in [0.25, 0.3) is 5.56 Å². The molecule has 0 saturated heterocycles. The van der Waals surface area contributed by atoms with Gasteiger partial charge >= 0.3 is 5.91 Å². The number of aromatic hydroxyl groups is 1. The van der Waals surface area contributed by atoms with Gasteiger partial charge in [-0.15, -0.1) is 10.2 Å². The molecule has 0 saturated carbocycles. The Hall–Kier alpha value is -3.52. The van der Waals surface area contributed by atoms with E-state index in [1.54, 1.807) is 36.4 Å². The van der Waals surface area contributed by atoms with E-state index in [9.17, 15) is 14.7 Å². The maximum Gasteiger partial charge on any atom is 0.331 e. The number of azo groups is 1. The predicted molar refractivity (Wildman–Crippen MR) is 101 cm³/mol. The van der Waals surface area contributed by atoms with Crippen LogP contribution in [0.25, 0.3) is 21.8 Å². The summed E-state index contributed by atoms with van der Waals surface area (Å²) in [4.78, 5) is 33.6. The van der Waals surface area contributed by atoms with Gasteiger partial charge in [0.2, 0.25) is 11.7 Å². The number of aryl methyl sites for hydroxylation is 1. The van der Waals surface area contributed by atoms with E-state index in [0.29, 0.717) is 26.8 Å². The molecule has 134 valence electrons. The van der Waals surface area contributed by atoms with E-state index in [4.69, 9.17) is 11.6 Å². The summed E-state index contributed by atoms with van der Waals surface area (Å²) in [5.41, 5.74) is 1.44. The minimum absolute atomic E-state index is 0.0760. The van der Waals surface area contributed by atoms with Crippen LogP contribution >= 0.6 is 11.6 Å². The highest BCUT2D eigenvalue weighted by atomic mass is 35.5. The van der Waals surface area contributed by atoms with Crippen LogP contribution in [-0.2, 0) is 0 Å². The zero-order valence-electron chi connectivity index (χ0n) is 13.9. The molecule has 0 fully saturated rings. The number of para-hydroxylation sites is 1. The number of rotatable bonds is 2. The SMILES string of the molecule is Cc1cc(Cl)cc2c(N=NC(=O)c3nc4ccccc4c(=O)[nH]3)c(O)[nH]c12. The van der Waals surface area contributed by atoms with Crippen LogP contribution in [0.2, 0.25) is 5.02 Å². The number of fused-ring (bicyclic) bond motifs is 2. The number of halogens is 1. The summed E-state index contributed by atoms with van der Waals surface area (Å²) in [7, 11) is 0. The third kappa shape index (κ3) is 2.96. The summed E-state index contributed by atoms with van der Waals surface area (Å²) in [5.74, 6) is -1.33. The van der Waals surface area contributed by atoms with Gasteiger partial charge in [-0.2, -0.15) is 0 Å². The Morgan fingerprint density at radius 2 is 1.96 bits per heavy atom. The normalized spacial score (nSPS) is 11.6. The standard InChI is InChI=1S/C18H12ClN5O3/c1-8-6-9(19)7-11-13(8)21-17(26)14(11)23-24-18(27)15-20-12-5-3-2-4-10(12)16(25)22-15/h2-7,21,26H,1H3,(H,20,22,25). The van der Waals surface area contributed by atoms with Crippen LogP contribution < -0.4 is 5.56 Å². The molecule has 2 aromatic carbocycles. The molecule has 0 bridgehead atoms. The first-order chi connectivity index (χ1) is 12.9. The number of aromatic amines is 2. The maximum atomic E-state index is 12.3. The predicted octanol–water partition coefficient (Wildman–Crippen LogP) is 4.00. The number of hydrogen-bond donors (Lipinski definition) is 3. The van der Waals surface area contributed by atoms with Crippen molar-refractivity contribution in [1.82, 2.24) is 15.0 Å². The Labute approximate surface area is 156 Å². The van der Waals surface area contributed by atoms with Gasteiger partial charge in [0.1, 0.15) is 0 Å². The number of nitrogens with zero attached hydrogens (tertiary/aromatic N) is 3. The summed E-state index contributed by atoms with van der Waals surface area (Å²) >= 11 is 6.05. The minimum atomic E-state index is -0.842. The van der Waals surface area contributed by atoms with Crippen molar-refractivity contribution >= 4 is 45.0 Å². The second-order valence-electron chi connectivity index (χ2n) is 5.90. The molecule has 1 amide bonds. The molecule has 4 aromatic rings. The first-order valence-electron chi connectivity index (χ1n) is 7.90. The summed E-state index contributed by atoms with van der Waals surface area (Å²) < 4.78 is 0. The zero-order chi connectivity index (χ0) is 19.1. The van der Waals surface area contributed by atoms with Crippen LogP contribution in [-0.4, -0.2) is 26.0 Å². The topological polar surface area (TPSA) is 124 Å². The van der Waals surface area contributed by atoms with Crippen LogP contribution in [0.3, 0.4) is 0 Å². The smallest absolute Gasteiger partial charge is 0.331 e. The van der Waals surface area contributed by atoms with E-state index < -0.39 is 11.5 Å². The van der Waals surface area contributed by atoms with Gasteiger partial charge in [-0.05, 0) is 36.8 Å². The van der Waals surface area contributed by atoms with Crippen molar-refractivity contribution in [2.45, 2.75) is 6.92 Å². The van der Waals surface area contributed by atoms with E-state index in [-0.39, 0.29) is 17.4 Å². The number of hydrogen-bond acceptors (Lipinski definition) is 5. The van der Waals surface area contributed by atoms with E-state index >= 15 is 0 Å². The van der Waals surface area contributed by atoms with Gasteiger partial charge in [-0.25, -0.2) is 4.98 Å². The molecule has 8 nitrogen and oxygen atoms in total. The van der Waals surface area contributed by atoms with Gasteiger partial charge in [0.05, 0.1) is 16.4 Å². The van der Waals surface area contributed by atoms with Crippen molar-refractivity contribution < 1.29 is 9.90 Å². The average molecular weight is 382 g/mol. The summed E-state index contributed by atoms with van der Waals surface area (Å²) in [5, 5.41) is 18.9. The van der Waals surface area contributed by atoms with Gasteiger partial charge in [-0.1, -0.05) is 23.7 Å². The number of carbonyl (C=O) groups excluding carboxylic acids is 1. The fraction of sp³-hybridized carbons (Fsp3) is 0.0556. The van der Waals surface area contributed by atoms with Crippen molar-refractivity contribution in [3.8, 4) is 5.88 Å². The Morgan fingerprint density at radius 3 is 2.78 bits per heavy atom. The fourth-order valence-electron chi connectivity index (χ4n) is 2.83. The van der Waals surface area contributed by atoms with Crippen molar-refractivity contribution in [3.05, 3.63) is 63.2 Å². The van der Waals surface area contributed by atoms with Crippen LogP contribution in [0, 0.1) is 6.92 Å². The molecule has 3 N–H and O–H groups in total. The molecular weight excluding hydrogens is 370 g/mol. The van der Waals surface area contributed by atoms with Gasteiger partial charge in [0.15, 0.2) is 5.69 Å². The van der Waals surface area contributed by atoms with Crippen LogP contribution in [0.1, 0.15) is 16.2 Å². The van der Waals surface area contributed by atoms with E-state index in [1.807, 2.05) is 6.92 Å². The third-order valence-electron chi connectivity index (χ3n) is 4.08. The fourth-order valence-corrected chi connectivity index (χ4v) is 3.11. The second-order valence-corrected chi connectivity index (χ2v) is 6.34. The largest absolute Gasteiger partial charge is 0.493 e. The van der Waals surface area contributed by atoms with Crippen molar-refractivity contribution in [3.63, 3.8) is 0 Å². The average Bonchev–Trinajstić information content (AvgIpc) is 2.95. The highest BCUT2D eigenvalue weighted by Crippen LogP contribution is 2.38. The number of H-pyrrole nitrogens is 2. The second kappa shape index (κ2) is 6.33. The first kappa shape index (κ1) is 16.9. The Kier molecular flexibility index (Phi) is 3.97. The molecule has 9 heteroatoms. The zero-order valence-corrected chi connectivity index (χ0v) is 14.7. The first-order valence-corrected chi connectivity index (χ1v) is 8.28. The van der Waals surface area contributed by atoms with Crippen molar-refractivity contribution in [2.24, 2.45) is 10.2 Å². The molecule has 2 aromatic heterocycles. The molecule has 2 heterocycles. The van der Waals surface area contributed by atoms with E-state index in [0.717, 1.165) is 5.56 Å². The van der Waals surface area contributed by atoms with Crippen molar-refractivity contribution in [1.29, 1.82) is 0 Å². The number of amides is 1. The number of carbonyl (C=O) groups is 1. The number of aromatic nitrogens is 3. The monoisotopic (exact) mass is 381 g/mol. The summed E-state index contributed by atoms with van der Waals surface area (Å²) in [6.45, 7) is 1.82. The molecule has 4 rings (SSSR count). The molecule has 0 radical (unpaired) electrons. The van der Waals surface area contributed by atoms with Gasteiger partial charge in [-0.3, -0.25) is 9.59 Å². The van der Waals surface area contributed by atoms with E-state index in [1.165, 1.54) is 0 Å². The maximum absolute atomic E-state index is 12.3. The van der Waals surface area contributed by atoms with Crippen LogP contribution in [0.4, 0.5) is 5.69 Å². The summed E-state index contributed by atoms with van der Waals surface area (Å²) in [6.07, 6.45) is 0. The van der Waals surface area contributed by atoms with E-state index in [2.05, 4.69) is 25.2 Å². The lowest BCUT2D eigenvalue weighted by molar-refractivity contribution is 0.0985. The van der Waals surface area contributed by atoms with Gasteiger partial charge in [0, 0.05) is 10.4 Å². The Balaban J connectivity index is 1.75. The quantitative estimate of drug-likeness (QED) is 0.454. The molecule has 0 spiro atoms. The molecule has 0 aliphatic heterocycles. The summed E-state index contributed by atoms with van der Waals surface area (Å²) in [6, 6.07) is 9.97. The van der Waals surface area contributed by atoms with Crippen molar-refractivity contribution in [2.75, 3.05) is 0 Å². The highest BCUT2D eigenvalue weighted by molar-refractivity contribution is 6.31. The van der Waals surface area contributed by atoms with Crippen LogP contribution in [0.5, 0.6) is 5.88 Å². The Morgan fingerprint density at radius 1 is 1.19 bits per heavy atom. The minimum Gasteiger partial charge on any atom is -0.493 e. The molecule has 0 aliphatic carbocycles. The lowest BCUT2D eigenvalue weighted by Gasteiger charge is -1.99. The third-order valence-corrected chi connectivity index (χ3v) is 4.30.